The van der Waals surface area contributed by atoms with Gasteiger partial charge in [-0.2, -0.15) is 0 Å². The average Bonchev–Trinajstić information content (AvgIpc) is 3.40. The molecule has 1 N–H and O–H groups in total. The van der Waals surface area contributed by atoms with Crippen molar-refractivity contribution in [2.45, 2.75) is 13.2 Å². The molecule has 0 radical (unpaired) electrons. The third-order valence-electron chi connectivity index (χ3n) is 5.03. The van der Waals surface area contributed by atoms with Gasteiger partial charge in [-0.15, -0.1) is 0 Å². The SMILES string of the molecule is COC(=O)c1ccc(CN2C(=O)N/C(=C\c3cc(Cl)cc(Br)c3OCc3ccc(Cl)c(Cl)c3)C2=O)o1. The predicted octanol–water partition coefficient (Wildman–Crippen LogP) is 6.46. The zero-order valence-corrected chi connectivity index (χ0v) is 22.3. The van der Waals surface area contributed by atoms with Crippen LogP contribution in [0.2, 0.25) is 15.1 Å². The Morgan fingerprint density at radius 1 is 1.11 bits per heavy atom. The van der Waals surface area contributed by atoms with Crippen molar-refractivity contribution in [1.29, 1.82) is 0 Å². The number of furan rings is 1. The monoisotopic (exact) mass is 612 g/mol. The highest BCUT2D eigenvalue weighted by Gasteiger charge is 2.34. The molecule has 8 nitrogen and oxygen atoms in total. The summed E-state index contributed by atoms with van der Waals surface area (Å²) in [7, 11) is 1.22. The summed E-state index contributed by atoms with van der Waals surface area (Å²) in [5.74, 6) is -0.673. The number of nitrogens with zero attached hydrogens (tertiary/aromatic N) is 1. The second-order valence-electron chi connectivity index (χ2n) is 7.48. The van der Waals surface area contributed by atoms with Crippen LogP contribution in [0.1, 0.15) is 27.4 Å². The fourth-order valence-electron chi connectivity index (χ4n) is 3.32. The predicted molar refractivity (Wildman–Crippen MR) is 137 cm³/mol. The van der Waals surface area contributed by atoms with Crippen molar-refractivity contribution in [2.75, 3.05) is 7.11 Å². The Balaban J connectivity index is 1.56. The molecule has 2 aromatic carbocycles. The number of methoxy groups -OCH3 is 1. The first-order valence-electron chi connectivity index (χ1n) is 10.2. The van der Waals surface area contributed by atoms with Crippen molar-refractivity contribution in [1.82, 2.24) is 10.2 Å². The summed E-state index contributed by atoms with van der Waals surface area (Å²) in [4.78, 5) is 38.0. The number of hydrogen-bond donors (Lipinski definition) is 1. The lowest BCUT2D eigenvalue weighted by Crippen LogP contribution is -2.30. The molecule has 0 bridgehead atoms. The standard InChI is InChI=1S/C24H16BrCl3N2O6/c1-34-23(32)20-5-3-15(36-20)10-30-22(31)19(29-24(30)33)8-13-7-14(26)9-16(25)21(13)35-11-12-2-4-17(27)18(28)6-12/h2-9H,10-11H2,1H3,(H,29,33)/b19-8-. The zero-order valence-electron chi connectivity index (χ0n) is 18.4. The van der Waals surface area contributed by atoms with Crippen LogP contribution >= 0.6 is 50.7 Å². The Morgan fingerprint density at radius 3 is 2.61 bits per heavy atom. The molecule has 0 spiro atoms. The number of rotatable bonds is 7. The van der Waals surface area contributed by atoms with Gasteiger partial charge in [-0.1, -0.05) is 40.9 Å². The first-order valence-corrected chi connectivity index (χ1v) is 12.2. The highest BCUT2D eigenvalue weighted by atomic mass is 79.9. The Labute approximate surface area is 228 Å². The Bertz CT molecular complexity index is 1400. The van der Waals surface area contributed by atoms with Crippen molar-refractivity contribution < 1.29 is 28.3 Å². The van der Waals surface area contributed by atoms with E-state index in [9.17, 15) is 14.4 Å². The molecule has 186 valence electrons. The summed E-state index contributed by atoms with van der Waals surface area (Å²) < 4.78 is 16.5. The molecular formula is C24H16BrCl3N2O6. The van der Waals surface area contributed by atoms with Crippen LogP contribution in [-0.2, 0) is 22.7 Å². The number of carbonyl (C=O) groups excluding carboxylic acids is 3. The van der Waals surface area contributed by atoms with E-state index < -0.39 is 17.9 Å². The molecule has 36 heavy (non-hydrogen) atoms. The maximum Gasteiger partial charge on any atom is 0.373 e. The Kier molecular flexibility index (Phi) is 7.94. The van der Waals surface area contributed by atoms with Crippen LogP contribution in [0.3, 0.4) is 0 Å². The summed E-state index contributed by atoms with van der Waals surface area (Å²) >= 11 is 21.7. The van der Waals surface area contributed by atoms with Gasteiger partial charge in [0.05, 0.1) is 28.2 Å². The van der Waals surface area contributed by atoms with Crippen molar-refractivity contribution in [3.63, 3.8) is 0 Å². The van der Waals surface area contributed by atoms with Crippen LogP contribution in [0.4, 0.5) is 4.79 Å². The lowest BCUT2D eigenvalue weighted by atomic mass is 10.1. The zero-order chi connectivity index (χ0) is 26.0. The summed E-state index contributed by atoms with van der Waals surface area (Å²) in [6.45, 7) is -0.0281. The topological polar surface area (TPSA) is 98.1 Å². The molecule has 1 aromatic heterocycles. The molecule has 1 fully saturated rings. The minimum Gasteiger partial charge on any atom is -0.487 e. The van der Waals surface area contributed by atoms with E-state index in [1.807, 2.05) is 0 Å². The van der Waals surface area contributed by atoms with Gasteiger partial charge in [0.1, 0.15) is 23.8 Å². The fourth-order valence-corrected chi connectivity index (χ4v) is 4.59. The number of urea groups is 1. The van der Waals surface area contributed by atoms with Crippen LogP contribution in [0.15, 0.2) is 57.1 Å². The number of hydrogen-bond acceptors (Lipinski definition) is 6. The van der Waals surface area contributed by atoms with Crippen LogP contribution in [0.5, 0.6) is 5.75 Å². The van der Waals surface area contributed by atoms with Gasteiger partial charge in [0, 0.05) is 10.6 Å². The van der Waals surface area contributed by atoms with Crippen molar-refractivity contribution in [3.05, 3.63) is 90.3 Å². The van der Waals surface area contributed by atoms with Gasteiger partial charge in [-0.05, 0) is 64.0 Å². The maximum absolute atomic E-state index is 13.0. The quantitative estimate of drug-likeness (QED) is 0.186. The van der Waals surface area contributed by atoms with E-state index in [4.69, 9.17) is 44.0 Å². The first kappa shape index (κ1) is 26.1. The third kappa shape index (κ3) is 5.70. The fraction of sp³-hybridized carbons (Fsp3) is 0.125. The molecule has 0 aliphatic carbocycles. The average molecular weight is 615 g/mol. The molecule has 1 saturated heterocycles. The van der Waals surface area contributed by atoms with E-state index >= 15 is 0 Å². The number of nitrogens with one attached hydrogen (secondary N) is 1. The number of ether oxygens (including phenoxy) is 2. The van der Waals surface area contributed by atoms with E-state index in [1.165, 1.54) is 25.3 Å². The van der Waals surface area contributed by atoms with Gasteiger partial charge in [0.15, 0.2) is 0 Å². The smallest absolute Gasteiger partial charge is 0.373 e. The van der Waals surface area contributed by atoms with Gasteiger partial charge in [0.25, 0.3) is 5.91 Å². The molecule has 2 heterocycles. The van der Waals surface area contributed by atoms with E-state index in [-0.39, 0.29) is 30.4 Å². The molecule has 0 saturated carbocycles. The highest BCUT2D eigenvalue weighted by molar-refractivity contribution is 9.10. The molecule has 3 aromatic rings. The lowest BCUT2D eigenvalue weighted by Gasteiger charge is -2.13. The number of carbonyl (C=O) groups is 3. The summed E-state index contributed by atoms with van der Waals surface area (Å²) in [6.07, 6.45) is 1.46. The summed E-state index contributed by atoms with van der Waals surface area (Å²) in [5.41, 5.74) is 1.23. The highest BCUT2D eigenvalue weighted by Crippen LogP contribution is 2.35. The van der Waals surface area contributed by atoms with E-state index in [0.29, 0.717) is 30.9 Å². The third-order valence-corrected chi connectivity index (χ3v) is 6.57. The number of halogens is 4. The largest absolute Gasteiger partial charge is 0.487 e. The summed E-state index contributed by atoms with van der Waals surface area (Å²) in [6, 6.07) is 10.6. The normalized spacial score (nSPS) is 14.4. The van der Waals surface area contributed by atoms with Gasteiger partial charge < -0.3 is 19.2 Å². The van der Waals surface area contributed by atoms with Crippen LogP contribution in [-0.4, -0.2) is 29.9 Å². The van der Waals surface area contributed by atoms with Crippen molar-refractivity contribution in [3.8, 4) is 5.75 Å². The van der Waals surface area contributed by atoms with Gasteiger partial charge >= 0.3 is 12.0 Å². The van der Waals surface area contributed by atoms with Crippen LogP contribution in [0, 0.1) is 0 Å². The van der Waals surface area contributed by atoms with E-state index in [0.717, 1.165) is 10.5 Å². The van der Waals surface area contributed by atoms with Gasteiger partial charge in [-0.3, -0.25) is 9.69 Å². The van der Waals surface area contributed by atoms with Crippen molar-refractivity contribution in [2.24, 2.45) is 0 Å². The molecule has 1 aliphatic rings. The molecule has 3 amide bonds. The lowest BCUT2D eigenvalue weighted by molar-refractivity contribution is -0.123. The van der Waals surface area contributed by atoms with E-state index in [1.54, 1.807) is 30.3 Å². The molecule has 1 aliphatic heterocycles. The summed E-state index contributed by atoms with van der Waals surface area (Å²) in [5, 5.41) is 3.74. The number of imide groups is 1. The van der Waals surface area contributed by atoms with E-state index in [2.05, 4.69) is 26.0 Å². The Morgan fingerprint density at radius 2 is 1.89 bits per heavy atom. The second kappa shape index (κ2) is 11.0. The maximum atomic E-state index is 13.0. The molecule has 0 atom stereocenters. The molecule has 4 rings (SSSR count). The first-order chi connectivity index (χ1) is 17.2. The minimum atomic E-state index is -0.668. The molecule has 12 heteroatoms. The minimum absolute atomic E-state index is 0.00769. The number of benzene rings is 2. The number of amides is 3. The number of esters is 1. The second-order valence-corrected chi connectivity index (χ2v) is 9.59. The van der Waals surface area contributed by atoms with Crippen molar-refractivity contribution >= 4 is 74.7 Å². The molecular weight excluding hydrogens is 599 g/mol. The van der Waals surface area contributed by atoms with Crippen LogP contribution in [0.25, 0.3) is 6.08 Å². The molecule has 0 unspecified atom stereocenters. The Hall–Kier alpha value is -2.98. The van der Waals surface area contributed by atoms with Crippen LogP contribution < -0.4 is 10.1 Å². The van der Waals surface area contributed by atoms with Gasteiger partial charge in [-0.25, -0.2) is 9.59 Å². The van der Waals surface area contributed by atoms with Gasteiger partial charge in [0.2, 0.25) is 5.76 Å².